The molecule has 6 heteroatoms. The quantitative estimate of drug-likeness (QED) is 0.279. The third kappa shape index (κ3) is 4.03. The minimum atomic E-state index is -3.79. The van der Waals surface area contributed by atoms with Crippen molar-refractivity contribution in [3.8, 4) is 0 Å². The monoisotopic (exact) mass is 406 g/mol. The van der Waals surface area contributed by atoms with Crippen LogP contribution in [-0.4, -0.2) is 25.9 Å². The van der Waals surface area contributed by atoms with Crippen molar-refractivity contribution >= 4 is 21.9 Å². The normalized spacial score (nSPS) is 14.5. The van der Waals surface area contributed by atoms with Gasteiger partial charge >= 0.3 is 0 Å². The summed E-state index contributed by atoms with van der Waals surface area (Å²) in [4.78, 5) is 0.144. The molecule has 4 rings (SSSR count). The molecule has 1 aliphatic rings. The van der Waals surface area contributed by atoms with Crippen LogP contribution in [0, 0.1) is 5.21 Å². The zero-order chi connectivity index (χ0) is 20.3. The number of anilines is 1. The van der Waals surface area contributed by atoms with Crippen molar-refractivity contribution in [1.29, 1.82) is 0 Å². The molecular weight excluding hydrogens is 384 g/mol. The van der Waals surface area contributed by atoms with Gasteiger partial charge in [0.15, 0.2) is 12.8 Å². The smallest absolute Gasteiger partial charge is 0.265 e. The summed E-state index contributed by atoms with van der Waals surface area (Å²) in [7, 11) is -3.79. The first-order valence-electron chi connectivity index (χ1n) is 9.58. The molecule has 3 aromatic rings. The predicted octanol–water partition coefficient (Wildman–Crippen LogP) is 3.96. The lowest BCUT2D eigenvalue weighted by Crippen LogP contribution is -2.36. The first-order valence-corrected chi connectivity index (χ1v) is 11.0. The molecule has 148 valence electrons. The number of hydrogen-bond acceptors (Lipinski definition) is 3. The van der Waals surface area contributed by atoms with Crippen molar-refractivity contribution < 1.29 is 13.2 Å². The number of fused-ring (bicyclic) bond motifs is 1. The second kappa shape index (κ2) is 8.09. The Morgan fingerprint density at radius 1 is 0.931 bits per heavy atom. The summed E-state index contributed by atoms with van der Waals surface area (Å²) in [6, 6.07) is 23.6. The molecule has 0 radical (unpaired) electrons. The summed E-state index contributed by atoms with van der Waals surface area (Å²) in [5.74, 6) is 0. The molecule has 0 unspecified atom stereocenters. The molecule has 0 bridgehead atoms. The molecule has 0 amide bonds. The minimum Gasteiger partial charge on any atom is -0.624 e. The zero-order valence-corrected chi connectivity index (χ0v) is 16.8. The number of hydrogen-bond donors (Lipinski definition) is 0. The van der Waals surface area contributed by atoms with Crippen molar-refractivity contribution in [2.75, 3.05) is 10.8 Å². The largest absolute Gasteiger partial charge is 0.624 e. The Bertz CT molecular complexity index is 1140. The molecule has 5 nitrogen and oxygen atoms in total. The number of hydroxylamine groups is 1. The summed E-state index contributed by atoms with van der Waals surface area (Å²) in [5.41, 5.74) is 3.00. The summed E-state index contributed by atoms with van der Waals surface area (Å²) < 4.78 is 29.2. The third-order valence-electron chi connectivity index (χ3n) is 5.02. The van der Waals surface area contributed by atoms with Crippen molar-refractivity contribution in [3.05, 3.63) is 101 Å². The van der Waals surface area contributed by atoms with Crippen molar-refractivity contribution in [1.82, 2.24) is 0 Å². The Hall–Kier alpha value is -3.12. The van der Waals surface area contributed by atoms with Crippen LogP contribution in [-0.2, 0) is 23.0 Å². The van der Waals surface area contributed by atoms with Crippen LogP contribution in [0.5, 0.6) is 0 Å². The number of sulfonamides is 1. The average Bonchev–Trinajstić information content (AvgIpc) is 2.74. The number of nitrogens with zero attached hydrogens (tertiary/aromatic N) is 2. The molecule has 29 heavy (non-hydrogen) atoms. The molecule has 0 N–H and O–H groups in total. The second-order valence-electron chi connectivity index (χ2n) is 7.04. The second-order valence-corrected chi connectivity index (χ2v) is 8.87. The Kier molecular flexibility index (Phi) is 5.36. The highest BCUT2D eigenvalue weighted by molar-refractivity contribution is 7.93. The Balaban J connectivity index is 1.71. The maximum absolute atomic E-state index is 13.5. The van der Waals surface area contributed by atoms with Gasteiger partial charge in [-0.15, -0.1) is 0 Å². The lowest BCUT2D eigenvalue weighted by Gasteiger charge is -2.30. The Labute approximate surface area is 171 Å². The van der Waals surface area contributed by atoms with Gasteiger partial charge in [-0.3, -0.25) is 4.31 Å². The highest BCUT2D eigenvalue weighted by Gasteiger charge is 2.30. The molecule has 0 spiro atoms. The van der Waals surface area contributed by atoms with Gasteiger partial charge in [0.1, 0.15) is 4.90 Å². The number of rotatable bonds is 5. The van der Waals surface area contributed by atoms with Crippen LogP contribution < -0.4 is 4.31 Å². The molecular formula is C23H22N2O3S. The van der Waals surface area contributed by atoms with E-state index in [1.807, 2.05) is 54.6 Å². The van der Waals surface area contributed by atoms with E-state index in [1.54, 1.807) is 24.3 Å². The highest BCUT2D eigenvalue weighted by Crippen LogP contribution is 2.32. The lowest BCUT2D eigenvalue weighted by atomic mass is 10.0. The fourth-order valence-corrected chi connectivity index (χ4v) is 5.37. The fourth-order valence-electron chi connectivity index (χ4n) is 3.65. The zero-order valence-electron chi connectivity index (χ0n) is 15.9. The molecule has 3 aromatic carbocycles. The van der Waals surface area contributed by atoms with Crippen molar-refractivity contribution in [3.63, 3.8) is 0 Å². The van der Waals surface area contributed by atoms with E-state index in [9.17, 15) is 13.6 Å². The van der Waals surface area contributed by atoms with Gasteiger partial charge in [0.2, 0.25) is 0 Å². The average molecular weight is 407 g/mol. The number of para-hydroxylation sites is 1. The van der Waals surface area contributed by atoms with E-state index in [4.69, 9.17) is 0 Å². The number of benzene rings is 3. The van der Waals surface area contributed by atoms with E-state index in [1.165, 1.54) is 10.5 Å². The van der Waals surface area contributed by atoms with Crippen LogP contribution in [0.2, 0.25) is 0 Å². The predicted molar refractivity (Wildman–Crippen MR) is 115 cm³/mol. The van der Waals surface area contributed by atoms with Gasteiger partial charge in [-0.2, -0.15) is 0 Å². The lowest BCUT2D eigenvalue weighted by molar-refractivity contribution is -0.469. The maximum atomic E-state index is 13.5. The van der Waals surface area contributed by atoms with E-state index in [-0.39, 0.29) is 11.4 Å². The van der Waals surface area contributed by atoms with Gasteiger partial charge in [-0.05, 0) is 36.6 Å². The van der Waals surface area contributed by atoms with Crippen LogP contribution in [0.15, 0.2) is 83.8 Å². The maximum Gasteiger partial charge on any atom is 0.265 e. The van der Waals surface area contributed by atoms with E-state index in [0.717, 1.165) is 34.4 Å². The summed E-state index contributed by atoms with van der Waals surface area (Å²) >= 11 is 0. The summed E-state index contributed by atoms with van der Waals surface area (Å²) in [6.07, 6.45) is 2.99. The molecule has 0 aromatic heterocycles. The Morgan fingerprint density at radius 2 is 1.62 bits per heavy atom. The molecule has 0 saturated carbocycles. The first-order chi connectivity index (χ1) is 14.1. The summed E-state index contributed by atoms with van der Waals surface area (Å²) in [5, 5.41) is 12.5. The van der Waals surface area contributed by atoms with Crippen LogP contribution in [0.4, 0.5) is 5.69 Å². The first kappa shape index (κ1) is 19.2. The molecule has 0 fully saturated rings. The molecule has 0 aliphatic carbocycles. The molecule has 0 atom stereocenters. The van der Waals surface area contributed by atoms with E-state index in [0.29, 0.717) is 12.1 Å². The molecule has 0 saturated heterocycles. The van der Waals surface area contributed by atoms with Crippen molar-refractivity contribution in [2.24, 2.45) is 0 Å². The van der Waals surface area contributed by atoms with Crippen LogP contribution in [0.1, 0.15) is 23.1 Å². The van der Waals surface area contributed by atoms with Gasteiger partial charge in [0.05, 0.1) is 11.3 Å². The fraction of sp³-hybridized carbons (Fsp3) is 0.174. The molecule has 1 heterocycles. The Morgan fingerprint density at radius 3 is 2.45 bits per heavy atom. The van der Waals surface area contributed by atoms with E-state index < -0.39 is 10.0 Å². The minimum absolute atomic E-state index is 0.144. The van der Waals surface area contributed by atoms with E-state index >= 15 is 0 Å². The molecule has 1 aliphatic heterocycles. The van der Waals surface area contributed by atoms with Crippen LogP contribution >= 0.6 is 0 Å². The third-order valence-corrected chi connectivity index (χ3v) is 6.91. The number of aryl methyl sites for hydroxylation is 1. The summed E-state index contributed by atoms with van der Waals surface area (Å²) in [6.45, 7) is 0.584. The van der Waals surface area contributed by atoms with Crippen LogP contribution in [0.3, 0.4) is 0 Å². The van der Waals surface area contributed by atoms with Gasteiger partial charge in [0, 0.05) is 12.1 Å². The highest BCUT2D eigenvalue weighted by atomic mass is 32.2. The van der Waals surface area contributed by atoms with Gasteiger partial charge < -0.3 is 5.21 Å². The van der Waals surface area contributed by atoms with Gasteiger partial charge in [-0.1, -0.05) is 60.7 Å². The standard InChI is InChI=1S/C23H22N2O3S/c26-24(17-19-9-2-1-3-10-19)18-21-12-5-7-15-23(21)29(27,28)25-16-8-13-20-11-4-6-14-22(20)25/h1-7,9-12,14-15,18H,8,13,16-17H2/b24-18-. The topological polar surface area (TPSA) is 63.4 Å². The van der Waals surface area contributed by atoms with Gasteiger partial charge in [-0.25, -0.2) is 13.2 Å². The van der Waals surface area contributed by atoms with Gasteiger partial charge in [0.25, 0.3) is 10.0 Å². The van der Waals surface area contributed by atoms with Crippen LogP contribution in [0.25, 0.3) is 0 Å². The van der Waals surface area contributed by atoms with Crippen molar-refractivity contribution in [2.45, 2.75) is 24.3 Å². The van der Waals surface area contributed by atoms with E-state index in [2.05, 4.69) is 0 Å². The SMILES string of the molecule is O=S(=O)(c1ccccc1/C=[N+](\[O-])Cc1ccccc1)N1CCCc2ccccc21.